The zero-order chi connectivity index (χ0) is 12.3. The molecular formula is C10H11ClFN5. The van der Waals surface area contributed by atoms with Gasteiger partial charge >= 0.3 is 0 Å². The van der Waals surface area contributed by atoms with Crippen LogP contribution in [0.5, 0.6) is 0 Å². The molecule has 0 aromatic carbocycles. The topological polar surface area (TPSA) is 66.5 Å². The second-order valence-electron chi connectivity index (χ2n) is 3.42. The van der Waals surface area contributed by atoms with Crippen LogP contribution in [-0.4, -0.2) is 19.9 Å². The van der Waals surface area contributed by atoms with Gasteiger partial charge in [0.05, 0.1) is 12.2 Å². The minimum Gasteiger partial charge on any atom is -0.358 e. The van der Waals surface area contributed by atoms with Crippen LogP contribution < -0.4 is 5.32 Å². The van der Waals surface area contributed by atoms with Gasteiger partial charge in [-0.25, -0.2) is 14.4 Å². The number of nitrogens with zero attached hydrogens (tertiary/aromatic N) is 3. The molecule has 90 valence electrons. The maximum atomic E-state index is 13.4. The molecule has 0 bridgehead atoms. The summed E-state index contributed by atoms with van der Waals surface area (Å²) in [5.74, 6) is 0.259. The first-order chi connectivity index (χ1) is 8.20. The molecule has 1 atom stereocenters. The van der Waals surface area contributed by atoms with Gasteiger partial charge in [0.1, 0.15) is 5.82 Å². The lowest BCUT2D eigenvalue weighted by Gasteiger charge is -2.15. The Morgan fingerprint density at radius 1 is 1.53 bits per heavy atom. The molecule has 1 unspecified atom stereocenters. The van der Waals surface area contributed by atoms with Crippen LogP contribution in [0, 0.1) is 5.82 Å². The number of anilines is 1. The summed E-state index contributed by atoms with van der Waals surface area (Å²) in [6, 6.07) is -0.148. The van der Waals surface area contributed by atoms with Crippen molar-refractivity contribution >= 4 is 17.4 Å². The Morgan fingerprint density at radius 3 is 3.00 bits per heavy atom. The lowest BCUT2D eigenvalue weighted by molar-refractivity contribution is 0.606. The van der Waals surface area contributed by atoms with E-state index in [1.165, 1.54) is 0 Å². The predicted molar refractivity (Wildman–Crippen MR) is 62.2 cm³/mol. The number of imidazole rings is 1. The van der Waals surface area contributed by atoms with E-state index in [2.05, 4.69) is 25.3 Å². The molecule has 0 saturated heterocycles. The highest BCUT2D eigenvalue weighted by molar-refractivity contribution is 6.28. The molecule has 2 aromatic rings. The Bertz CT molecular complexity index is 487. The van der Waals surface area contributed by atoms with E-state index in [9.17, 15) is 4.39 Å². The second-order valence-corrected chi connectivity index (χ2v) is 3.75. The fourth-order valence-corrected chi connectivity index (χ4v) is 1.58. The van der Waals surface area contributed by atoms with Gasteiger partial charge in [-0.15, -0.1) is 0 Å². The quantitative estimate of drug-likeness (QED) is 0.824. The van der Waals surface area contributed by atoms with E-state index < -0.39 is 5.82 Å². The summed E-state index contributed by atoms with van der Waals surface area (Å²) in [7, 11) is 0. The summed E-state index contributed by atoms with van der Waals surface area (Å²) in [5.41, 5.74) is 0. The molecule has 0 spiro atoms. The van der Waals surface area contributed by atoms with E-state index in [4.69, 9.17) is 11.6 Å². The Labute approximate surface area is 102 Å². The number of halogens is 2. The zero-order valence-corrected chi connectivity index (χ0v) is 9.87. The molecule has 0 aliphatic carbocycles. The standard InChI is InChI=1S/C10H11ClFN5/c1-2-7(9-13-3-4-14-9)16-8-6(12)5-15-10(11)17-8/h3-5,7H,2H2,1H3,(H,13,14)(H,15,16,17). The van der Waals surface area contributed by atoms with E-state index in [0.717, 1.165) is 18.4 Å². The number of aromatic nitrogens is 4. The Hall–Kier alpha value is -1.69. The Kier molecular flexibility index (Phi) is 3.53. The first kappa shape index (κ1) is 11.8. The number of H-pyrrole nitrogens is 1. The molecule has 0 radical (unpaired) electrons. The van der Waals surface area contributed by atoms with Gasteiger partial charge in [-0.1, -0.05) is 6.92 Å². The van der Waals surface area contributed by atoms with Crippen molar-refractivity contribution in [3.05, 3.63) is 35.5 Å². The number of aromatic amines is 1. The summed E-state index contributed by atoms with van der Waals surface area (Å²) < 4.78 is 13.4. The first-order valence-electron chi connectivity index (χ1n) is 5.14. The number of hydrogen-bond acceptors (Lipinski definition) is 4. The van der Waals surface area contributed by atoms with Crippen LogP contribution in [0.15, 0.2) is 18.6 Å². The van der Waals surface area contributed by atoms with E-state index in [1.54, 1.807) is 12.4 Å². The molecule has 0 saturated carbocycles. The third kappa shape index (κ3) is 2.71. The van der Waals surface area contributed by atoms with Crippen LogP contribution in [0.4, 0.5) is 10.2 Å². The monoisotopic (exact) mass is 255 g/mol. The molecule has 0 aliphatic rings. The number of rotatable bonds is 4. The van der Waals surface area contributed by atoms with Crippen LogP contribution >= 0.6 is 11.6 Å². The van der Waals surface area contributed by atoms with Crippen molar-refractivity contribution in [1.82, 2.24) is 19.9 Å². The molecule has 5 nitrogen and oxygen atoms in total. The van der Waals surface area contributed by atoms with Crippen molar-refractivity contribution in [2.24, 2.45) is 0 Å². The van der Waals surface area contributed by atoms with Crippen molar-refractivity contribution in [2.75, 3.05) is 5.32 Å². The fraction of sp³-hybridized carbons (Fsp3) is 0.300. The van der Waals surface area contributed by atoms with Crippen LogP contribution in [0.2, 0.25) is 5.28 Å². The van der Waals surface area contributed by atoms with Crippen molar-refractivity contribution in [3.63, 3.8) is 0 Å². The van der Waals surface area contributed by atoms with Gasteiger partial charge in [0, 0.05) is 12.4 Å². The van der Waals surface area contributed by atoms with Crippen LogP contribution in [0.1, 0.15) is 25.2 Å². The summed E-state index contributed by atoms with van der Waals surface area (Å²) in [6.45, 7) is 1.96. The molecule has 0 aliphatic heterocycles. The predicted octanol–water partition coefficient (Wildman–Crippen LogP) is 2.56. The molecule has 17 heavy (non-hydrogen) atoms. The smallest absolute Gasteiger partial charge is 0.224 e. The van der Waals surface area contributed by atoms with Crippen molar-refractivity contribution in [3.8, 4) is 0 Å². The maximum absolute atomic E-state index is 13.4. The highest BCUT2D eigenvalue weighted by Crippen LogP contribution is 2.20. The molecule has 2 heterocycles. The van der Waals surface area contributed by atoms with Crippen molar-refractivity contribution in [1.29, 1.82) is 0 Å². The minimum absolute atomic E-state index is 0.00296. The largest absolute Gasteiger partial charge is 0.358 e. The van der Waals surface area contributed by atoms with Crippen LogP contribution in [-0.2, 0) is 0 Å². The van der Waals surface area contributed by atoms with Gasteiger partial charge in [0.15, 0.2) is 11.6 Å². The van der Waals surface area contributed by atoms with Crippen LogP contribution in [0.3, 0.4) is 0 Å². The van der Waals surface area contributed by atoms with Gasteiger partial charge in [0.2, 0.25) is 5.28 Å². The molecule has 0 fully saturated rings. The molecule has 2 aromatic heterocycles. The van der Waals surface area contributed by atoms with Gasteiger partial charge in [0.25, 0.3) is 0 Å². The van der Waals surface area contributed by atoms with Gasteiger partial charge < -0.3 is 10.3 Å². The highest BCUT2D eigenvalue weighted by Gasteiger charge is 2.15. The number of hydrogen-bond donors (Lipinski definition) is 2. The average Bonchev–Trinajstić information content (AvgIpc) is 2.84. The summed E-state index contributed by atoms with van der Waals surface area (Å²) >= 11 is 5.62. The third-order valence-electron chi connectivity index (χ3n) is 2.28. The summed E-state index contributed by atoms with van der Waals surface area (Å²) in [4.78, 5) is 14.4. The van der Waals surface area contributed by atoms with E-state index in [1.807, 2.05) is 6.92 Å². The van der Waals surface area contributed by atoms with Crippen molar-refractivity contribution < 1.29 is 4.39 Å². The van der Waals surface area contributed by atoms with Crippen molar-refractivity contribution in [2.45, 2.75) is 19.4 Å². The average molecular weight is 256 g/mol. The second kappa shape index (κ2) is 5.09. The molecule has 0 amide bonds. The summed E-state index contributed by atoms with van der Waals surface area (Å²) in [5, 5.41) is 2.94. The zero-order valence-electron chi connectivity index (χ0n) is 9.11. The summed E-state index contributed by atoms with van der Waals surface area (Å²) in [6.07, 6.45) is 5.12. The first-order valence-corrected chi connectivity index (χ1v) is 5.52. The fourth-order valence-electron chi connectivity index (χ4n) is 1.44. The van der Waals surface area contributed by atoms with Gasteiger partial charge in [-0.2, -0.15) is 4.98 Å². The third-order valence-corrected chi connectivity index (χ3v) is 2.47. The lowest BCUT2D eigenvalue weighted by Crippen LogP contribution is -2.13. The van der Waals surface area contributed by atoms with Gasteiger partial charge in [-0.3, -0.25) is 0 Å². The van der Waals surface area contributed by atoms with Crippen LogP contribution in [0.25, 0.3) is 0 Å². The normalized spacial score (nSPS) is 12.4. The SMILES string of the molecule is CCC(Nc1nc(Cl)ncc1F)c1ncc[nH]1. The van der Waals surface area contributed by atoms with E-state index in [0.29, 0.717) is 0 Å². The molecular weight excluding hydrogens is 245 g/mol. The Morgan fingerprint density at radius 2 is 2.35 bits per heavy atom. The highest BCUT2D eigenvalue weighted by atomic mass is 35.5. The van der Waals surface area contributed by atoms with E-state index in [-0.39, 0.29) is 17.1 Å². The van der Waals surface area contributed by atoms with Gasteiger partial charge in [-0.05, 0) is 18.0 Å². The molecule has 7 heteroatoms. The number of nitrogens with one attached hydrogen (secondary N) is 2. The molecule has 2 rings (SSSR count). The Balaban J connectivity index is 2.21. The molecule has 2 N–H and O–H groups in total. The maximum Gasteiger partial charge on any atom is 0.224 e. The lowest BCUT2D eigenvalue weighted by atomic mass is 10.2. The van der Waals surface area contributed by atoms with E-state index >= 15 is 0 Å². The minimum atomic E-state index is -0.542.